The van der Waals surface area contributed by atoms with E-state index in [0.717, 1.165) is 0 Å². The molecule has 0 aliphatic carbocycles. The van der Waals surface area contributed by atoms with Crippen LogP contribution in [-0.4, -0.2) is 29.4 Å². The summed E-state index contributed by atoms with van der Waals surface area (Å²) in [6.45, 7) is 1.06. The van der Waals surface area contributed by atoms with Gasteiger partial charge in [0.25, 0.3) is 11.8 Å². The van der Waals surface area contributed by atoms with E-state index in [0.29, 0.717) is 10.8 Å². The third kappa shape index (κ3) is 6.15. The summed E-state index contributed by atoms with van der Waals surface area (Å²) in [4.78, 5) is 34.0. The number of carbonyl (C=O) groups is 2. The lowest BCUT2D eigenvalue weighted by Gasteiger charge is -2.15. The summed E-state index contributed by atoms with van der Waals surface area (Å²) in [6, 6.07) is 12.1. The highest BCUT2D eigenvalue weighted by Crippen LogP contribution is 2.26. The minimum Gasteiger partial charge on any atom is -0.484 e. The van der Waals surface area contributed by atoms with Gasteiger partial charge in [-0.2, -0.15) is 0 Å². The third-order valence-corrected chi connectivity index (χ3v) is 3.50. The molecule has 1 atom stereocenters. The van der Waals surface area contributed by atoms with Crippen molar-refractivity contribution in [2.75, 3.05) is 6.61 Å². The fraction of sp³-hybridized carbons (Fsp3) is 0.176. The molecular weight excluding hydrogens is 378 g/mol. The number of hydrogen-bond donors (Lipinski definition) is 2. The number of carbonyl (C=O) groups excluding carboxylic acids is 2. The standard InChI is InChI=1S/C17H16ClN3O6/c1-11(27-15-5-3-2-4-14(15)21(24)25)17(23)20-19-16(22)10-26-13-8-6-12(18)7-9-13/h2-9,11H,10H2,1H3,(H,19,22)(H,20,23)/t11-/m1/s1. The van der Waals surface area contributed by atoms with Crippen LogP contribution in [0.15, 0.2) is 48.5 Å². The molecule has 27 heavy (non-hydrogen) atoms. The molecule has 0 fully saturated rings. The molecule has 0 heterocycles. The third-order valence-electron chi connectivity index (χ3n) is 3.24. The van der Waals surface area contributed by atoms with Crippen molar-refractivity contribution in [3.8, 4) is 11.5 Å². The average Bonchev–Trinajstić information content (AvgIpc) is 2.65. The normalized spacial score (nSPS) is 11.2. The van der Waals surface area contributed by atoms with E-state index in [4.69, 9.17) is 21.1 Å². The number of amides is 2. The number of hydrazine groups is 1. The lowest BCUT2D eigenvalue weighted by Crippen LogP contribution is -2.48. The van der Waals surface area contributed by atoms with Gasteiger partial charge in [0, 0.05) is 11.1 Å². The van der Waals surface area contributed by atoms with Crippen LogP contribution in [0.3, 0.4) is 0 Å². The first kappa shape index (κ1) is 20.0. The lowest BCUT2D eigenvalue weighted by atomic mass is 10.3. The van der Waals surface area contributed by atoms with E-state index in [-0.39, 0.29) is 18.0 Å². The Labute approximate surface area is 159 Å². The minimum atomic E-state index is -1.08. The smallest absolute Gasteiger partial charge is 0.310 e. The van der Waals surface area contributed by atoms with Crippen LogP contribution in [-0.2, 0) is 9.59 Å². The van der Waals surface area contributed by atoms with Crippen molar-refractivity contribution < 1.29 is 24.0 Å². The molecule has 10 heteroatoms. The highest BCUT2D eigenvalue weighted by atomic mass is 35.5. The summed E-state index contributed by atoms with van der Waals surface area (Å²) in [5.74, 6) is -0.902. The van der Waals surface area contributed by atoms with Crippen molar-refractivity contribution in [1.82, 2.24) is 10.9 Å². The zero-order valence-corrected chi connectivity index (χ0v) is 14.9. The van der Waals surface area contributed by atoms with Gasteiger partial charge in [-0.3, -0.25) is 30.6 Å². The topological polar surface area (TPSA) is 120 Å². The van der Waals surface area contributed by atoms with Crippen molar-refractivity contribution in [2.24, 2.45) is 0 Å². The molecule has 0 aromatic heterocycles. The second-order valence-electron chi connectivity index (χ2n) is 5.26. The zero-order chi connectivity index (χ0) is 19.8. The fourth-order valence-corrected chi connectivity index (χ4v) is 2.03. The van der Waals surface area contributed by atoms with Gasteiger partial charge < -0.3 is 9.47 Å². The van der Waals surface area contributed by atoms with Crippen LogP contribution in [0.25, 0.3) is 0 Å². The largest absolute Gasteiger partial charge is 0.484 e. The van der Waals surface area contributed by atoms with Gasteiger partial charge in [-0.05, 0) is 37.3 Å². The van der Waals surface area contributed by atoms with Gasteiger partial charge in [0.2, 0.25) is 0 Å². The Morgan fingerprint density at radius 3 is 2.48 bits per heavy atom. The van der Waals surface area contributed by atoms with Crippen LogP contribution >= 0.6 is 11.6 Å². The van der Waals surface area contributed by atoms with Gasteiger partial charge in [-0.15, -0.1) is 0 Å². The van der Waals surface area contributed by atoms with Gasteiger partial charge in [0.15, 0.2) is 18.5 Å². The molecule has 0 saturated carbocycles. The van der Waals surface area contributed by atoms with E-state index in [9.17, 15) is 19.7 Å². The predicted octanol–water partition coefficient (Wildman–Crippen LogP) is 2.24. The summed E-state index contributed by atoms with van der Waals surface area (Å²) in [5.41, 5.74) is 4.06. The van der Waals surface area contributed by atoms with E-state index in [1.807, 2.05) is 0 Å². The predicted molar refractivity (Wildman–Crippen MR) is 96.4 cm³/mol. The number of nitrogens with one attached hydrogen (secondary N) is 2. The second-order valence-corrected chi connectivity index (χ2v) is 5.70. The van der Waals surface area contributed by atoms with Gasteiger partial charge >= 0.3 is 5.69 Å². The second kappa shape index (κ2) is 9.39. The summed E-state index contributed by atoms with van der Waals surface area (Å²) in [6.07, 6.45) is -1.08. The molecule has 2 rings (SSSR count). The molecule has 0 unspecified atom stereocenters. The Hall–Kier alpha value is -3.33. The molecule has 142 valence electrons. The summed E-state index contributed by atoms with van der Waals surface area (Å²) >= 11 is 5.74. The Kier molecular flexibility index (Phi) is 6.95. The zero-order valence-electron chi connectivity index (χ0n) is 14.2. The van der Waals surface area contributed by atoms with Gasteiger partial charge in [0.1, 0.15) is 5.75 Å². The van der Waals surface area contributed by atoms with Crippen LogP contribution in [0.5, 0.6) is 11.5 Å². The van der Waals surface area contributed by atoms with Gasteiger partial charge in [-0.1, -0.05) is 23.7 Å². The number of hydrogen-bond acceptors (Lipinski definition) is 6. The molecule has 2 amide bonds. The lowest BCUT2D eigenvalue weighted by molar-refractivity contribution is -0.386. The van der Waals surface area contributed by atoms with Crippen molar-refractivity contribution in [1.29, 1.82) is 0 Å². The summed E-state index contributed by atoms with van der Waals surface area (Å²) in [7, 11) is 0. The molecule has 2 aromatic carbocycles. The first-order valence-electron chi connectivity index (χ1n) is 7.74. The highest BCUT2D eigenvalue weighted by Gasteiger charge is 2.21. The first-order valence-corrected chi connectivity index (χ1v) is 8.11. The van der Waals surface area contributed by atoms with Crippen molar-refractivity contribution in [3.63, 3.8) is 0 Å². The molecule has 0 aliphatic heterocycles. The molecule has 0 spiro atoms. The van der Waals surface area contributed by atoms with Gasteiger partial charge in [-0.25, -0.2) is 0 Å². The number of halogens is 1. The molecule has 0 bridgehead atoms. The highest BCUT2D eigenvalue weighted by molar-refractivity contribution is 6.30. The molecule has 0 radical (unpaired) electrons. The number of para-hydroxylation sites is 2. The number of ether oxygens (including phenoxy) is 2. The van der Waals surface area contributed by atoms with Crippen LogP contribution in [0.1, 0.15) is 6.92 Å². The molecule has 0 saturated heterocycles. The van der Waals surface area contributed by atoms with Crippen LogP contribution in [0.4, 0.5) is 5.69 Å². The molecule has 0 aliphatic rings. The fourth-order valence-electron chi connectivity index (χ4n) is 1.90. The molecular formula is C17H16ClN3O6. The molecule has 2 aromatic rings. The quantitative estimate of drug-likeness (QED) is 0.550. The summed E-state index contributed by atoms with van der Waals surface area (Å²) < 4.78 is 10.5. The van der Waals surface area contributed by atoms with Crippen molar-refractivity contribution in [2.45, 2.75) is 13.0 Å². The number of nitrogens with zero attached hydrogens (tertiary/aromatic N) is 1. The maximum absolute atomic E-state index is 12.0. The average molecular weight is 394 g/mol. The maximum Gasteiger partial charge on any atom is 0.310 e. The molecule has 9 nitrogen and oxygen atoms in total. The number of nitro benzene ring substituents is 1. The van der Waals surface area contributed by atoms with E-state index < -0.39 is 22.8 Å². The van der Waals surface area contributed by atoms with Crippen molar-refractivity contribution >= 4 is 29.1 Å². The SMILES string of the molecule is C[C@@H](Oc1ccccc1[N+](=O)[O-])C(=O)NNC(=O)COc1ccc(Cl)cc1. The number of benzene rings is 2. The van der Waals surface area contributed by atoms with E-state index >= 15 is 0 Å². The monoisotopic (exact) mass is 393 g/mol. The Morgan fingerprint density at radius 2 is 1.81 bits per heavy atom. The first-order chi connectivity index (χ1) is 12.9. The minimum absolute atomic E-state index is 0.0532. The van der Waals surface area contributed by atoms with E-state index in [2.05, 4.69) is 10.9 Å². The molecule has 2 N–H and O–H groups in total. The Morgan fingerprint density at radius 1 is 1.15 bits per heavy atom. The Balaban J connectivity index is 1.80. The number of nitro groups is 1. The van der Waals surface area contributed by atoms with Gasteiger partial charge in [0.05, 0.1) is 4.92 Å². The van der Waals surface area contributed by atoms with Crippen molar-refractivity contribution in [3.05, 3.63) is 63.7 Å². The van der Waals surface area contributed by atoms with E-state index in [1.54, 1.807) is 30.3 Å². The maximum atomic E-state index is 12.0. The van der Waals surface area contributed by atoms with Crippen LogP contribution in [0.2, 0.25) is 5.02 Å². The van der Waals surface area contributed by atoms with Crippen LogP contribution < -0.4 is 20.3 Å². The summed E-state index contributed by atoms with van der Waals surface area (Å²) in [5, 5.41) is 11.5. The number of rotatable bonds is 7. The van der Waals surface area contributed by atoms with E-state index in [1.165, 1.54) is 25.1 Å². The Bertz CT molecular complexity index is 828. The van der Waals surface area contributed by atoms with Crippen LogP contribution in [0, 0.1) is 10.1 Å².